The molecule has 0 aliphatic rings. The number of pyridine rings is 1. The van der Waals surface area contributed by atoms with E-state index < -0.39 is 0 Å². The second-order valence-corrected chi connectivity index (χ2v) is 5.40. The molecule has 0 unspecified atom stereocenters. The first kappa shape index (κ1) is 12.8. The number of aryl methyl sites for hydroxylation is 1. The van der Waals surface area contributed by atoms with E-state index in [4.69, 9.17) is 0 Å². The Morgan fingerprint density at radius 1 is 0.818 bits per heavy atom. The van der Waals surface area contributed by atoms with Crippen molar-refractivity contribution < 1.29 is 0 Å². The topological polar surface area (TPSA) is 17.8 Å². The normalized spacial score (nSPS) is 11.0. The summed E-state index contributed by atoms with van der Waals surface area (Å²) in [7, 11) is 0. The summed E-state index contributed by atoms with van der Waals surface area (Å²) in [5, 5.41) is 1.28. The summed E-state index contributed by atoms with van der Waals surface area (Å²) >= 11 is 0. The van der Waals surface area contributed by atoms with Crippen LogP contribution in [0.15, 0.2) is 79.1 Å². The molecule has 0 atom stereocenters. The van der Waals surface area contributed by atoms with Crippen LogP contribution in [0.3, 0.4) is 0 Å². The van der Waals surface area contributed by atoms with E-state index >= 15 is 0 Å². The van der Waals surface area contributed by atoms with Gasteiger partial charge in [-0.15, -0.1) is 0 Å². The van der Waals surface area contributed by atoms with Crippen LogP contribution >= 0.6 is 0 Å². The fraction of sp³-hybridized carbons (Fsp3) is 0.0500. The number of aromatic nitrogens is 2. The van der Waals surface area contributed by atoms with Gasteiger partial charge in [-0.3, -0.25) is 4.98 Å². The smallest absolute Gasteiger partial charge is 0.0645 e. The van der Waals surface area contributed by atoms with Crippen LogP contribution < -0.4 is 0 Å². The predicted octanol–water partition coefficient (Wildman–Crippen LogP) is 5.00. The highest BCUT2D eigenvalue weighted by atomic mass is 15.0. The fourth-order valence-corrected chi connectivity index (χ4v) is 3.10. The third kappa shape index (κ3) is 1.92. The third-order valence-corrected chi connectivity index (χ3v) is 4.08. The summed E-state index contributed by atoms with van der Waals surface area (Å²) in [4.78, 5) is 4.29. The quantitative estimate of drug-likeness (QED) is 0.506. The predicted molar refractivity (Wildman–Crippen MR) is 91.2 cm³/mol. The van der Waals surface area contributed by atoms with Crippen LogP contribution in [-0.2, 0) is 0 Å². The molecule has 2 aromatic carbocycles. The van der Waals surface area contributed by atoms with Crippen molar-refractivity contribution in [3.05, 3.63) is 84.7 Å². The lowest BCUT2D eigenvalue weighted by Gasteiger charge is -2.11. The van der Waals surface area contributed by atoms with Crippen LogP contribution in [0.2, 0.25) is 0 Å². The molecule has 0 amide bonds. The van der Waals surface area contributed by atoms with Gasteiger partial charge in [-0.25, -0.2) is 0 Å². The number of fused-ring (bicyclic) bond motifs is 1. The molecule has 22 heavy (non-hydrogen) atoms. The second-order valence-electron chi connectivity index (χ2n) is 5.40. The van der Waals surface area contributed by atoms with Gasteiger partial charge in [0.25, 0.3) is 0 Å². The number of rotatable bonds is 2. The van der Waals surface area contributed by atoms with Crippen LogP contribution in [0.1, 0.15) is 5.56 Å². The van der Waals surface area contributed by atoms with Gasteiger partial charge in [0, 0.05) is 11.6 Å². The molecule has 2 heteroatoms. The molecular formula is C20H16N2. The van der Waals surface area contributed by atoms with Crippen molar-refractivity contribution in [3.8, 4) is 16.9 Å². The molecule has 0 saturated heterocycles. The summed E-state index contributed by atoms with van der Waals surface area (Å²) in [6, 6.07) is 23.2. The van der Waals surface area contributed by atoms with Crippen molar-refractivity contribution in [2.75, 3.05) is 0 Å². The van der Waals surface area contributed by atoms with Crippen LogP contribution in [-0.4, -0.2) is 9.55 Å². The van der Waals surface area contributed by atoms with E-state index in [1.165, 1.54) is 27.7 Å². The van der Waals surface area contributed by atoms with Crippen LogP contribution in [0, 0.1) is 6.92 Å². The highest BCUT2D eigenvalue weighted by Gasteiger charge is 2.16. The molecule has 4 aromatic rings. The molecule has 0 saturated carbocycles. The van der Waals surface area contributed by atoms with Crippen molar-refractivity contribution in [2.24, 2.45) is 0 Å². The van der Waals surface area contributed by atoms with Crippen molar-refractivity contribution in [1.82, 2.24) is 9.55 Å². The maximum atomic E-state index is 4.29. The number of hydrogen-bond donors (Lipinski definition) is 0. The summed E-state index contributed by atoms with van der Waals surface area (Å²) in [6.45, 7) is 2.19. The Labute approximate surface area is 129 Å². The molecule has 0 bridgehead atoms. The van der Waals surface area contributed by atoms with E-state index in [-0.39, 0.29) is 0 Å². The van der Waals surface area contributed by atoms with Crippen LogP contribution in [0.5, 0.6) is 0 Å². The number of benzene rings is 2. The standard InChI is InChI=1S/C20H16N2/c1-15-18-11-5-6-12-19(18)22(17-10-7-13-21-14-17)20(15)16-8-3-2-4-9-16/h2-14H,1H3. The molecule has 0 aliphatic heterocycles. The summed E-state index contributed by atoms with van der Waals surface area (Å²) in [5.74, 6) is 0. The molecule has 106 valence electrons. The SMILES string of the molecule is Cc1c(-c2ccccc2)n(-c2cccnc2)c2ccccc12. The minimum Gasteiger partial charge on any atom is -0.307 e. The monoisotopic (exact) mass is 284 g/mol. The van der Waals surface area contributed by atoms with E-state index in [1.54, 1.807) is 0 Å². The van der Waals surface area contributed by atoms with Gasteiger partial charge in [-0.1, -0.05) is 48.5 Å². The lowest BCUT2D eigenvalue weighted by Crippen LogP contribution is -1.97. The Morgan fingerprint density at radius 2 is 1.59 bits per heavy atom. The fourth-order valence-electron chi connectivity index (χ4n) is 3.10. The Bertz CT molecular complexity index is 922. The molecule has 0 fully saturated rings. The van der Waals surface area contributed by atoms with Crippen LogP contribution in [0.4, 0.5) is 0 Å². The zero-order valence-electron chi connectivity index (χ0n) is 12.4. The number of nitrogens with zero attached hydrogens (tertiary/aromatic N) is 2. The highest BCUT2D eigenvalue weighted by molar-refractivity contribution is 5.93. The minimum atomic E-state index is 1.09. The van der Waals surface area contributed by atoms with E-state index in [0.29, 0.717) is 0 Å². The first-order chi connectivity index (χ1) is 10.9. The van der Waals surface area contributed by atoms with Gasteiger partial charge in [0.15, 0.2) is 0 Å². The van der Waals surface area contributed by atoms with Gasteiger partial charge in [0.1, 0.15) is 0 Å². The molecule has 0 N–H and O–H groups in total. The zero-order chi connectivity index (χ0) is 14.9. The van der Waals surface area contributed by atoms with E-state index in [2.05, 4.69) is 77.1 Å². The molecular weight excluding hydrogens is 268 g/mol. The first-order valence-corrected chi connectivity index (χ1v) is 7.42. The molecule has 0 radical (unpaired) electrons. The molecule has 0 spiro atoms. The van der Waals surface area contributed by atoms with E-state index in [1.807, 2.05) is 18.5 Å². The third-order valence-electron chi connectivity index (χ3n) is 4.08. The van der Waals surface area contributed by atoms with Gasteiger partial charge >= 0.3 is 0 Å². The van der Waals surface area contributed by atoms with Gasteiger partial charge in [0.2, 0.25) is 0 Å². The zero-order valence-corrected chi connectivity index (χ0v) is 12.4. The molecule has 4 rings (SSSR count). The van der Waals surface area contributed by atoms with E-state index in [0.717, 1.165) is 5.69 Å². The molecule has 2 nitrogen and oxygen atoms in total. The molecule has 2 aromatic heterocycles. The lowest BCUT2D eigenvalue weighted by atomic mass is 10.1. The summed E-state index contributed by atoms with van der Waals surface area (Å²) in [5.41, 5.74) is 6.05. The van der Waals surface area contributed by atoms with Crippen molar-refractivity contribution in [1.29, 1.82) is 0 Å². The average molecular weight is 284 g/mol. The van der Waals surface area contributed by atoms with E-state index in [9.17, 15) is 0 Å². The summed E-state index contributed by atoms with van der Waals surface area (Å²) < 4.78 is 2.30. The number of para-hydroxylation sites is 1. The second kappa shape index (κ2) is 5.15. The van der Waals surface area contributed by atoms with Crippen molar-refractivity contribution in [2.45, 2.75) is 6.92 Å². The lowest BCUT2D eigenvalue weighted by molar-refractivity contribution is 1.10. The Balaban J connectivity index is 2.14. The van der Waals surface area contributed by atoms with Crippen molar-refractivity contribution >= 4 is 10.9 Å². The Hall–Kier alpha value is -2.87. The maximum absolute atomic E-state index is 4.29. The van der Waals surface area contributed by atoms with Gasteiger partial charge in [-0.2, -0.15) is 0 Å². The molecule has 2 heterocycles. The van der Waals surface area contributed by atoms with Gasteiger partial charge in [-0.05, 0) is 36.2 Å². The molecule has 0 aliphatic carbocycles. The number of hydrogen-bond acceptors (Lipinski definition) is 1. The highest BCUT2D eigenvalue weighted by Crippen LogP contribution is 2.35. The maximum Gasteiger partial charge on any atom is 0.0645 e. The van der Waals surface area contributed by atoms with Gasteiger partial charge in [0.05, 0.1) is 23.1 Å². The van der Waals surface area contributed by atoms with Gasteiger partial charge < -0.3 is 4.57 Å². The Kier molecular flexibility index (Phi) is 3.01. The average Bonchev–Trinajstić information content (AvgIpc) is 2.90. The first-order valence-electron chi connectivity index (χ1n) is 7.42. The Morgan fingerprint density at radius 3 is 2.36 bits per heavy atom. The van der Waals surface area contributed by atoms with Crippen LogP contribution in [0.25, 0.3) is 27.8 Å². The van der Waals surface area contributed by atoms with Crippen molar-refractivity contribution in [3.63, 3.8) is 0 Å². The largest absolute Gasteiger partial charge is 0.307 e. The summed E-state index contributed by atoms with van der Waals surface area (Å²) in [6.07, 6.45) is 3.72. The minimum absolute atomic E-state index is 1.09.